The minimum Gasteiger partial charge on any atom is -0.497 e. The zero-order chi connectivity index (χ0) is 19.9. The quantitative estimate of drug-likeness (QED) is 0.576. The number of hydrogen-bond donors (Lipinski definition) is 1. The van der Waals surface area contributed by atoms with Crippen molar-refractivity contribution < 1.29 is 9.53 Å². The number of carbonyl (C=O) groups is 1. The highest BCUT2D eigenvalue weighted by Gasteiger charge is 2.15. The molecule has 146 valence electrons. The zero-order valence-corrected chi connectivity index (χ0v) is 17.1. The van der Waals surface area contributed by atoms with Gasteiger partial charge in [0, 0.05) is 17.8 Å². The summed E-state index contributed by atoms with van der Waals surface area (Å²) in [5, 5.41) is 12.2. The Morgan fingerprint density at radius 3 is 2.61 bits per heavy atom. The lowest BCUT2D eigenvalue weighted by Crippen LogP contribution is -2.14. The van der Waals surface area contributed by atoms with Crippen molar-refractivity contribution in [1.82, 2.24) is 14.8 Å². The highest BCUT2D eigenvalue weighted by molar-refractivity contribution is 7.99. The molecular formula is C21H24N4O2S. The topological polar surface area (TPSA) is 69.0 Å². The van der Waals surface area contributed by atoms with Crippen molar-refractivity contribution in [2.24, 2.45) is 0 Å². The fraction of sp³-hybridized carbons (Fsp3) is 0.286. The summed E-state index contributed by atoms with van der Waals surface area (Å²) < 4.78 is 7.29. The van der Waals surface area contributed by atoms with Gasteiger partial charge in [-0.2, -0.15) is 0 Å². The molecule has 6 nitrogen and oxygen atoms in total. The Morgan fingerprint density at radius 1 is 1.14 bits per heavy atom. The number of ether oxygens (including phenoxy) is 1. The Bertz CT molecular complexity index is 938. The van der Waals surface area contributed by atoms with Gasteiger partial charge in [-0.25, -0.2) is 0 Å². The Kier molecular flexibility index (Phi) is 6.71. The van der Waals surface area contributed by atoms with E-state index in [1.807, 2.05) is 60.0 Å². The lowest BCUT2D eigenvalue weighted by Gasteiger charge is -2.09. The lowest BCUT2D eigenvalue weighted by molar-refractivity contribution is -0.113. The van der Waals surface area contributed by atoms with Gasteiger partial charge in [0.05, 0.1) is 12.9 Å². The van der Waals surface area contributed by atoms with Crippen LogP contribution in [0.15, 0.2) is 53.7 Å². The van der Waals surface area contributed by atoms with Crippen molar-refractivity contribution in [1.29, 1.82) is 0 Å². The van der Waals surface area contributed by atoms with Gasteiger partial charge in [-0.05, 0) is 43.2 Å². The van der Waals surface area contributed by atoms with E-state index in [0.717, 1.165) is 34.4 Å². The molecule has 0 saturated heterocycles. The average Bonchev–Trinajstić information content (AvgIpc) is 3.16. The second-order valence-corrected chi connectivity index (χ2v) is 7.11. The lowest BCUT2D eigenvalue weighted by atomic mass is 10.1. The van der Waals surface area contributed by atoms with Crippen molar-refractivity contribution >= 4 is 23.4 Å². The first-order chi connectivity index (χ1) is 13.6. The van der Waals surface area contributed by atoms with E-state index in [1.54, 1.807) is 7.11 Å². The Balaban J connectivity index is 1.67. The number of rotatable bonds is 8. The molecule has 0 fully saturated rings. The standard InChI is InChI=1S/C21H24N4O2S/c1-4-15-9-11-17(12-10-15)22-19(26)14-28-21-24-23-20(25(21)5-2)16-7-6-8-18(13-16)27-3/h6-13H,4-5,14H2,1-3H3,(H,22,26). The molecule has 1 amide bonds. The van der Waals surface area contributed by atoms with Crippen LogP contribution in [0.4, 0.5) is 5.69 Å². The van der Waals surface area contributed by atoms with Crippen molar-refractivity contribution in [2.45, 2.75) is 32.0 Å². The van der Waals surface area contributed by atoms with Gasteiger partial charge in [-0.1, -0.05) is 43.0 Å². The summed E-state index contributed by atoms with van der Waals surface area (Å²) in [6, 6.07) is 15.6. The van der Waals surface area contributed by atoms with Crippen molar-refractivity contribution in [2.75, 3.05) is 18.2 Å². The van der Waals surface area contributed by atoms with E-state index >= 15 is 0 Å². The van der Waals surface area contributed by atoms with Crippen molar-refractivity contribution in [3.8, 4) is 17.1 Å². The first-order valence-electron chi connectivity index (χ1n) is 9.23. The summed E-state index contributed by atoms with van der Waals surface area (Å²) in [5.74, 6) is 1.74. The number of nitrogens with one attached hydrogen (secondary N) is 1. The molecule has 0 aliphatic heterocycles. The molecule has 0 aliphatic rings. The summed E-state index contributed by atoms with van der Waals surface area (Å²) >= 11 is 1.38. The van der Waals surface area contributed by atoms with Crippen LogP contribution in [0, 0.1) is 0 Å². The van der Waals surface area contributed by atoms with Gasteiger partial charge in [-0.3, -0.25) is 4.79 Å². The van der Waals surface area contributed by atoms with E-state index in [-0.39, 0.29) is 11.7 Å². The molecule has 0 saturated carbocycles. The number of aryl methyl sites for hydroxylation is 1. The van der Waals surface area contributed by atoms with Crippen LogP contribution in [0.1, 0.15) is 19.4 Å². The van der Waals surface area contributed by atoms with Crippen LogP contribution in [0.5, 0.6) is 5.75 Å². The fourth-order valence-electron chi connectivity index (χ4n) is 2.81. The fourth-order valence-corrected chi connectivity index (χ4v) is 3.61. The van der Waals surface area contributed by atoms with Crippen molar-refractivity contribution in [3.05, 3.63) is 54.1 Å². The first kappa shape index (κ1) is 19.9. The number of carbonyl (C=O) groups excluding carboxylic acids is 1. The van der Waals surface area contributed by atoms with Crippen LogP contribution in [0.2, 0.25) is 0 Å². The smallest absolute Gasteiger partial charge is 0.234 e. The highest BCUT2D eigenvalue weighted by Crippen LogP contribution is 2.26. The number of amides is 1. The van der Waals surface area contributed by atoms with E-state index < -0.39 is 0 Å². The molecule has 28 heavy (non-hydrogen) atoms. The third-order valence-electron chi connectivity index (χ3n) is 4.34. The minimum absolute atomic E-state index is 0.0668. The van der Waals surface area contributed by atoms with Crippen LogP contribution in [0.25, 0.3) is 11.4 Å². The molecule has 3 aromatic rings. The predicted molar refractivity (Wildman–Crippen MR) is 113 cm³/mol. The molecule has 0 aliphatic carbocycles. The van der Waals surface area contributed by atoms with Gasteiger partial charge in [-0.15, -0.1) is 10.2 Å². The molecule has 1 heterocycles. The van der Waals surface area contributed by atoms with E-state index in [9.17, 15) is 4.79 Å². The summed E-state index contributed by atoms with van der Waals surface area (Å²) in [6.45, 7) is 4.85. The van der Waals surface area contributed by atoms with Gasteiger partial charge in [0.25, 0.3) is 0 Å². The molecule has 0 atom stereocenters. The van der Waals surface area contributed by atoms with Gasteiger partial charge < -0.3 is 14.6 Å². The maximum Gasteiger partial charge on any atom is 0.234 e. The molecular weight excluding hydrogens is 372 g/mol. The molecule has 0 spiro atoms. The van der Waals surface area contributed by atoms with Crippen LogP contribution < -0.4 is 10.1 Å². The van der Waals surface area contributed by atoms with E-state index in [4.69, 9.17) is 4.74 Å². The van der Waals surface area contributed by atoms with Crippen LogP contribution >= 0.6 is 11.8 Å². The maximum absolute atomic E-state index is 12.3. The van der Waals surface area contributed by atoms with Crippen LogP contribution in [-0.4, -0.2) is 33.5 Å². The third kappa shape index (κ3) is 4.72. The zero-order valence-electron chi connectivity index (χ0n) is 16.3. The summed E-state index contributed by atoms with van der Waals surface area (Å²) in [7, 11) is 1.64. The third-order valence-corrected chi connectivity index (χ3v) is 5.31. The van der Waals surface area contributed by atoms with Gasteiger partial charge in [0.15, 0.2) is 11.0 Å². The highest BCUT2D eigenvalue weighted by atomic mass is 32.2. The Morgan fingerprint density at radius 2 is 1.93 bits per heavy atom. The number of benzene rings is 2. The largest absolute Gasteiger partial charge is 0.497 e. The monoisotopic (exact) mass is 396 g/mol. The number of anilines is 1. The predicted octanol–water partition coefficient (Wildman–Crippen LogP) is 4.27. The Hall–Kier alpha value is -2.80. The maximum atomic E-state index is 12.3. The normalized spacial score (nSPS) is 10.7. The van der Waals surface area contributed by atoms with E-state index in [2.05, 4.69) is 22.4 Å². The van der Waals surface area contributed by atoms with E-state index in [0.29, 0.717) is 6.54 Å². The molecule has 3 rings (SSSR count). The average molecular weight is 397 g/mol. The van der Waals surface area contributed by atoms with Crippen LogP contribution in [0.3, 0.4) is 0 Å². The van der Waals surface area contributed by atoms with Crippen molar-refractivity contribution in [3.63, 3.8) is 0 Å². The number of nitrogens with zero attached hydrogens (tertiary/aromatic N) is 3. The van der Waals surface area contributed by atoms with E-state index in [1.165, 1.54) is 17.3 Å². The Labute approximate surface area is 169 Å². The number of methoxy groups -OCH3 is 1. The molecule has 1 aromatic heterocycles. The molecule has 2 aromatic carbocycles. The first-order valence-corrected chi connectivity index (χ1v) is 10.2. The number of thioether (sulfide) groups is 1. The van der Waals surface area contributed by atoms with Gasteiger partial charge >= 0.3 is 0 Å². The molecule has 0 unspecified atom stereocenters. The second kappa shape index (κ2) is 9.41. The molecule has 0 radical (unpaired) electrons. The van der Waals surface area contributed by atoms with Gasteiger partial charge in [0.2, 0.25) is 5.91 Å². The molecule has 0 bridgehead atoms. The summed E-state index contributed by atoms with van der Waals surface area (Å²) in [6.07, 6.45) is 0.979. The number of aromatic nitrogens is 3. The van der Waals surface area contributed by atoms with Gasteiger partial charge in [0.1, 0.15) is 5.75 Å². The molecule has 1 N–H and O–H groups in total. The summed E-state index contributed by atoms with van der Waals surface area (Å²) in [4.78, 5) is 12.3. The second-order valence-electron chi connectivity index (χ2n) is 6.17. The molecule has 7 heteroatoms. The summed E-state index contributed by atoms with van der Waals surface area (Å²) in [5.41, 5.74) is 2.98. The van der Waals surface area contributed by atoms with Crippen LogP contribution in [-0.2, 0) is 17.8 Å². The minimum atomic E-state index is -0.0668. The number of hydrogen-bond acceptors (Lipinski definition) is 5. The SMILES string of the molecule is CCc1ccc(NC(=O)CSc2nnc(-c3cccc(OC)c3)n2CC)cc1.